The molecule has 1 aliphatic rings. The SMILES string of the molecule is CC1(O)CC(n2nc(-c3ccc4c(=O)cc(-c5ccccc5)[nH]c4c3F)c(C(N)=O)c2N)C1. The third kappa shape index (κ3) is 3.37. The molecular formula is C24H22FN5O3. The smallest absolute Gasteiger partial charge is 0.254 e. The molecule has 9 heteroatoms. The van der Waals surface area contributed by atoms with Crippen LogP contribution in [-0.4, -0.2) is 31.4 Å². The summed E-state index contributed by atoms with van der Waals surface area (Å²) < 4.78 is 17.2. The van der Waals surface area contributed by atoms with Crippen molar-refractivity contribution in [3.05, 3.63) is 70.1 Å². The second-order valence-electron chi connectivity index (χ2n) is 8.74. The number of amides is 1. The van der Waals surface area contributed by atoms with E-state index in [9.17, 15) is 14.7 Å². The molecule has 0 saturated heterocycles. The predicted molar refractivity (Wildman–Crippen MR) is 123 cm³/mol. The number of nitrogens with two attached hydrogens (primary N) is 2. The number of H-pyrrole nitrogens is 1. The lowest BCUT2D eigenvalue weighted by molar-refractivity contribution is -0.0535. The topological polar surface area (TPSA) is 140 Å². The highest BCUT2D eigenvalue weighted by molar-refractivity contribution is 6.04. The molecule has 0 atom stereocenters. The Hall–Kier alpha value is -3.98. The van der Waals surface area contributed by atoms with Crippen LogP contribution in [0.3, 0.4) is 0 Å². The second kappa shape index (κ2) is 7.28. The number of aromatic amines is 1. The first kappa shape index (κ1) is 20.9. The Labute approximate surface area is 187 Å². The third-order valence-corrected chi connectivity index (χ3v) is 6.17. The van der Waals surface area contributed by atoms with Crippen molar-refractivity contribution in [2.75, 3.05) is 5.73 Å². The standard InChI is InChI=1S/C24H22FN5O3/c1-24(33)10-13(11-24)30-22(26)18(23(27)32)20(29-30)15-8-7-14-17(31)9-16(28-21(14)19(15)25)12-5-3-2-4-6-12/h2-9,13,33H,10-11,26H2,1H3,(H2,27,32)(H,28,31). The van der Waals surface area contributed by atoms with Crippen molar-refractivity contribution in [3.8, 4) is 22.5 Å². The number of fused-ring (bicyclic) bond motifs is 1. The van der Waals surface area contributed by atoms with Crippen LogP contribution in [0.4, 0.5) is 10.2 Å². The van der Waals surface area contributed by atoms with Gasteiger partial charge in [0.05, 0.1) is 17.2 Å². The van der Waals surface area contributed by atoms with E-state index in [1.54, 1.807) is 19.1 Å². The van der Waals surface area contributed by atoms with E-state index in [2.05, 4.69) is 10.1 Å². The lowest BCUT2D eigenvalue weighted by Gasteiger charge is -2.41. The number of carbonyl (C=O) groups is 1. The first-order valence-electron chi connectivity index (χ1n) is 10.5. The van der Waals surface area contributed by atoms with Gasteiger partial charge < -0.3 is 21.6 Å². The first-order valence-corrected chi connectivity index (χ1v) is 10.5. The van der Waals surface area contributed by atoms with Crippen LogP contribution in [0.5, 0.6) is 0 Å². The van der Waals surface area contributed by atoms with Gasteiger partial charge in [-0.15, -0.1) is 0 Å². The lowest BCUT2D eigenvalue weighted by Crippen LogP contribution is -2.42. The van der Waals surface area contributed by atoms with Gasteiger partial charge in [-0.25, -0.2) is 9.07 Å². The molecule has 0 spiro atoms. The predicted octanol–water partition coefficient (Wildman–Crippen LogP) is 2.96. The van der Waals surface area contributed by atoms with E-state index in [1.807, 2.05) is 18.2 Å². The molecule has 6 N–H and O–H groups in total. The number of pyridine rings is 1. The zero-order chi connectivity index (χ0) is 23.5. The molecule has 1 aliphatic carbocycles. The number of anilines is 1. The number of benzene rings is 2. The van der Waals surface area contributed by atoms with E-state index >= 15 is 4.39 Å². The normalized spacial score (nSPS) is 20.0. The number of nitrogen functional groups attached to an aromatic ring is 1. The molecule has 1 amide bonds. The molecule has 8 nitrogen and oxygen atoms in total. The number of primary amides is 1. The number of rotatable bonds is 4. The average molecular weight is 447 g/mol. The molecule has 0 unspecified atom stereocenters. The van der Waals surface area contributed by atoms with Crippen LogP contribution in [0.2, 0.25) is 0 Å². The minimum Gasteiger partial charge on any atom is -0.390 e. The van der Waals surface area contributed by atoms with E-state index in [0.29, 0.717) is 18.5 Å². The van der Waals surface area contributed by atoms with Crippen molar-refractivity contribution in [3.63, 3.8) is 0 Å². The molecule has 0 bridgehead atoms. The summed E-state index contributed by atoms with van der Waals surface area (Å²) in [5.41, 5.74) is 11.6. The van der Waals surface area contributed by atoms with Crippen LogP contribution < -0.4 is 16.9 Å². The Bertz CT molecular complexity index is 1470. The molecular weight excluding hydrogens is 425 g/mol. The van der Waals surface area contributed by atoms with Crippen LogP contribution in [0.15, 0.2) is 53.3 Å². The minimum absolute atomic E-state index is 0.00286. The number of carbonyl (C=O) groups excluding carboxylic acids is 1. The van der Waals surface area contributed by atoms with Gasteiger partial charge in [0.2, 0.25) is 0 Å². The van der Waals surface area contributed by atoms with Gasteiger partial charge in [-0.2, -0.15) is 5.10 Å². The summed E-state index contributed by atoms with van der Waals surface area (Å²) in [5, 5.41) is 14.7. The minimum atomic E-state index is -0.850. The summed E-state index contributed by atoms with van der Waals surface area (Å²) in [6.45, 7) is 1.70. The van der Waals surface area contributed by atoms with Crippen molar-refractivity contribution in [1.82, 2.24) is 14.8 Å². The average Bonchev–Trinajstić information content (AvgIpc) is 3.10. The summed E-state index contributed by atoms with van der Waals surface area (Å²) in [6, 6.07) is 13.1. The Balaban J connectivity index is 1.70. The monoisotopic (exact) mass is 447 g/mol. The number of hydrogen-bond donors (Lipinski definition) is 4. The molecule has 0 aliphatic heterocycles. The number of halogens is 1. The molecule has 0 radical (unpaired) electrons. The van der Waals surface area contributed by atoms with Crippen LogP contribution in [-0.2, 0) is 0 Å². The lowest BCUT2D eigenvalue weighted by atomic mass is 9.77. The molecule has 1 saturated carbocycles. The molecule has 2 aromatic carbocycles. The van der Waals surface area contributed by atoms with Gasteiger partial charge in [0.1, 0.15) is 17.1 Å². The van der Waals surface area contributed by atoms with Crippen molar-refractivity contribution >= 4 is 22.6 Å². The summed E-state index contributed by atoms with van der Waals surface area (Å²) in [7, 11) is 0. The second-order valence-corrected chi connectivity index (χ2v) is 8.74. The van der Waals surface area contributed by atoms with Crippen molar-refractivity contribution in [1.29, 1.82) is 0 Å². The van der Waals surface area contributed by atoms with Gasteiger partial charge in [0, 0.05) is 22.7 Å². The zero-order valence-electron chi connectivity index (χ0n) is 17.8. The maximum absolute atomic E-state index is 15.8. The van der Waals surface area contributed by atoms with Crippen LogP contribution in [0.1, 0.15) is 36.2 Å². The highest BCUT2D eigenvalue weighted by Gasteiger charge is 2.42. The van der Waals surface area contributed by atoms with Crippen LogP contribution in [0, 0.1) is 5.82 Å². The highest BCUT2D eigenvalue weighted by Crippen LogP contribution is 2.43. The third-order valence-electron chi connectivity index (χ3n) is 6.17. The van der Waals surface area contributed by atoms with E-state index in [4.69, 9.17) is 11.5 Å². The van der Waals surface area contributed by atoms with Crippen LogP contribution in [0.25, 0.3) is 33.4 Å². The largest absolute Gasteiger partial charge is 0.390 e. The Kier molecular flexibility index (Phi) is 4.61. The number of aromatic nitrogens is 3. The van der Waals surface area contributed by atoms with Crippen molar-refractivity contribution in [2.24, 2.45) is 5.73 Å². The molecule has 5 rings (SSSR count). The number of aliphatic hydroxyl groups is 1. The van der Waals surface area contributed by atoms with Gasteiger partial charge >= 0.3 is 0 Å². The number of hydrogen-bond acceptors (Lipinski definition) is 5. The molecule has 2 heterocycles. The fourth-order valence-electron chi connectivity index (χ4n) is 4.52. The Morgan fingerprint density at radius 1 is 1.24 bits per heavy atom. The van der Waals surface area contributed by atoms with Crippen molar-refractivity contribution < 1.29 is 14.3 Å². The first-order chi connectivity index (χ1) is 15.7. The molecule has 4 aromatic rings. The van der Waals surface area contributed by atoms with Gasteiger partial charge in [-0.05, 0) is 37.5 Å². The van der Waals surface area contributed by atoms with E-state index in [-0.39, 0.29) is 45.0 Å². The Morgan fingerprint density at radius 3 is 2.58 bits per heavy atom. The Morgan fingerprint density at radius 2 is 1.94 bits per heavy atom. The highest BCUT2D eigenvalue weighted by atomic mass is 19.1. The van der Waals surface area contributed by atoms with Gasteiger partial charge in [-0.3, -0.25) is 9.59 Å². The van der Waals surface area contributed by atoms with Gasteiger partial charge in [-0.1, -0.05) is 30.3 Å². The quantitative estimate of drug-likeness (QED) is 0.381. The molecule has 33 heavy (non-hydrogen) atoms. The maximum atomic E-state index is 15.8. The molecule has 168 valence electrons. The van der Waals surface area contributed by atoms with Crippen molar-refractivity contribution in [2.45, 2.75) is 31.4 Å². The van der Waals surface area contributed by atoms with E-state index in [1.165, 1.54) is 22.9 Å². The maximum Gasteiger partial charge on any atom is 0.254 e. The summed E-state index contributed by atoms with van der Waals surface area (Å²) in [6.07, 6.45) is 0.787. The number of nitrogens with one attached hydrogen (secondary N) is 1. The van der Waals surface area contributed by atoms with Crippen LogP contribution >= 0.6 is 0 Å². The molecule has 2 aromatic heterocycles. The zero-order valence-corrected chi connectivity index (χ0v) is 17.8. The van der Waals surface area contributed by atoms with E-state index in [0.717, 1.165) is 5.56 Å². The summed E-state index contributed by atoms with van der Waals surface area (Å²) in [4.78, 5) is 27.9. The summed E-state index contributed by atoms with van der Waals surface area (Å²) in [5.74, 6) is -1.56. The van der Waals surface area contributed by atoms with Gasteiger partial charge in [0.15, 0.2) is 11.2 Å². The number of nitrogens with zero attached hydrogens (tertiary/aromatic N) is 2. The fourth-order valence-corrected chi connectivity index (χ4v) is 4.52. The fraction of sp³-hybridized carbons (Fsp3) is 0.208. The van der Waals surface area contributed by atoms with E-state index < -0.39 is 17.3 Å². The summed E-state index contributed by atoms with van der Waals surface area (Å²) >= 11 is 0. The molecule has 1 fully saturated rings. The van der Waals surface area contributed by atoms with Gasteiger partial charge in [0.25, 0.3) is 5.91 Å².